The van der Waals surface area contributed by atoms with Crippen LogP contribution in [0.2, 0.25) is 5.02 Å². The summed E-state index contributed by atoms with van der Waals surface area (Å²) in [5.41, 5.74) is 4.54. The third kappa shape index (κ3) is 4.31. The molecule has 0 saturated carbocycles. The predicted molar refractivity (Wildman–Crippen MR) is 132 cm³/mol. The van der Waals surface area contributed by atoms with Crippen molar-refractivity contribution >= 4 is 52.5 Å². The number of carbonyl (C=O) groups is 1. The highest BCUT2D eigenvalue weighted by Crippen LogP contribution is 2.33. The number of aryl methyl sites for hydroxylation is 1. The van der Waals surface area contributed by atoms with Gasteiger partial charge in [0.1, 0.15) is 17.8 Å². The summed E-state index contributed by atoms with van der Waals surface area (Å²) >= 11 is 6.22. The summed E-state index contributed by atoms with van der Waals surface area (Å²) in [5, 5.41) is 18.3. The van der Waals surface area contributed by atoms with Gasteiger partial charge in [0.2, 0.25) is 0 Å². The van der Waals surface area contributed by atoms with Crippen LogP contribution in [0.5, 0.6) is 0 Å². The van der Waals surface area contributed by atoms with Gasteiger partial charge in [-0.15, -0.1) is 12.4 Å². The first kappa shape index (κ1) is 22.8. The highest BCUT2D eigenvalue weighted by Gasteiger charge is 2.24. The molecule has 2 N–H and O–H groups in total. The number of carboxylic acids is 1. The molecular weight excluding hydrogens is 463 g/mol. The van der Waals surface area contributed by atoms with Crippen molar-refractivity contribution in [2.75, 3.05) is 36.0 Å². The summed E-state index contributed by atoms with van der Waals surface area (Å²) in [6, 6.07) is 12.7. The molecule has 0 radical (unpaired) electrons. The van der Waals surface area contributed by atoms with Crippen LogP contribution in [-0.2, 0) is 0 Å². The number of fused-ring (bicyclic) bond motifs is 1. The number of aromatic nitrogens is 4. The zero-order chi connectivity index (χ0) is 22.2. The number of H-pyrrole nitrogens is 1. The van der Waals surface area contributed by atoms with Gasteiger partial charge in [-0.2, -0.15) is 5.10 Å². The number of piperazine rings is 1. The molecule has 4 aromatic rings. The number of aromatic amines is 1. The average Bonchev–Trinajstić information content (AvgIpc) is 3.25. The second-order valence-electron chi connectivity index (χ2n) is 7.78. The standard InChI is InChI=1S/C23H21ClN6O2.ClH/c1-14-5-6-17(24)12-18(14)29-7-9-30(10-8-29)22-19-20(27-28-21(19)25-13-26-22)15-3-2-4-16(11-15)23(31)32;/h2-6,11-13H,7-10H2,1H3,(H,31,32)(H,25,26,27,28);1H. The fraction of sp³-hybridized carbons (Fsp3) is 0.217. The molecule has 0 aliphatic carbocycles. The first-order chi connectivity index (χ1) is 15.5. The highest BCUT2D eigenvalue weighted by molar-refractivity contribution is 6.30. The maximum Gasteiger partial charge on any atom is 0.335 e. The molecule has 0 bridgehead atoms. The maximum atomic E-state index is 11.4. The van der Waals surface area contributed by atoms with E-state index in [0.29, 0.717) is 16.9 Å². The smallest absolute Gasteiger partial charge is 0.335 e. The molecule has 1 saturated heterocycles. The Labute approximate surface area is 201 Å². The highest BCUT2D eigenvalue weighted by atomic mass is 35.5. The fourth-order valence-electron chi connectivity index (χ4n) is 4.17. The van der Waals surface area contributed by atoms with Crippen molar-refractivity contribution in [3.8, 4) is 11.3 Å². The molecule has 33 heavy (non-hydrogen) atoms. The largest absolute Gasteiger partial charge is 0.478 e. The third-order valence-electron chi connectivity index (χ3n) is 5.81. The number of benzene rings is 2. The molecular formula is C23H22Cl2N6O2. The lowest BCUT2D eigenvalue weighted by Crippen LogP contribution is -2.47. The van der Waals surface area contributed by atoms with Gasteiger partial charge in [-0.3, -0.25) is 5.10 Å². The van der Waals surface area contributed by atoms with E-state index in [1.165, 1.54) is 11.9 Å². The number of anilines is 2. The van der Waals surface area contributed by atoms with Crippen molar-refractivity contribution in [1.82, 2.24) is 20.2 Å². The van der Waals surface area contributed by atoms with Crippen LogP contribution in [0, 0.1) is 6.92 Å². The Bertz CT molecular complexity index is 1320. The normalized spacial score (nSPS) is 13.8. The van der Waals surface area contributed by atoms with E-state index in [4.69, 9.17) is 11.6 Å². The first-order valence-corrected chi connectivity index (χ1v) is 10.7. The Kier molecular flexibility index (Phi) is 6.40. The molecule has 2 aromatic carbocycles. The summed E-state index contributed by atoms with van der Waals surface area (Å²) in [4.78, 5) is 24.9. The monoisotopic (exact) mass is 484 g/mol. The van der Waals surface area contributed by atoms with Crippen LogP contribution in [0.1, 0.15) is 15.9 Å². The molecule has 0 spiro atoms. The molecule has 8 nitrogen and oxygen atoms in total. The number of hydrogen-bond acceptors (Lipinski definition) is 6. The van der Waals surface area contributed by atoms with Crippen molar-refractivity contribution in [1.29, 1.82) is 0 Å². The number of nitrogens with one attached hydrogen (secondary N) is 1. The lowest BCUT2D eigenvalue weighted by Gasteiger charge is -2.37. The van der Waals surface area contributed by atoms with Gasteiger partial charge in [-0.1, -0.05) is 29.8 Å². The third-order valence-corrected chi connectivity index (χ3v) is 6.05. The molecule has 3 heterocycles. The molecule has 5 rings (SSSR count). The van der Waals surface area contributed by atoms with Crippen LogP contribution >= 0.6 is 24.0 Å². The topological polar surface area (TPSA) is 98.2 Å². The SMILES string of the molecule is Cc1ccc(Cl)cc1N1CCN(c2ncnc3[nH]nc(-c4cccc(C(=O)O)c4)c23)CC1.Cl. The van der Waals surface area contributed by atoms with Crippen LogP contribution in [0.25, 0.3) is 22.3 Å². The Morgan fingerprint density at radius 1 is 1.06 bits per heavy atom. The summed E-state index contributed by atoms with van der Waals surface area (Å²) < 4.78 is 0. The number of halogens is 2. The van der Waals surface area contributed by atoms with Gasteiger partial charge < -0.3 is 14.9 Å². The van der Waals surface area contributed by atoms with Crippen LogP contribution in [0.15, 0.2) is 48.8 Å². The number of carboxylic acid groups (broad SMARTS) is 1. The molecule has 0 amide bonds. The number of rotatable bonds is 4. The van der Waals surface area contributed by atoms with E-state index in [-0.39, 0.29) is 18.0 Å². The van der Waals surface area contributed by atoms with Crippen LogP contribution in [0.4, 0.5) is 11.5 Å². The maximum absolute atomic E-state index is 11.4. The van der Waals surface area contributed by atoms with Crippen molar-refractivity contribution in [2.45, 2.75) is 6.92 Å². The van der Waals surface area contributed by atoms with E-state index < -0.39 is 5.97 Å². The Morgan fingerprint density at radius 3 is 2.58 bits per heavy atom. The minimum atomic E-state index is -0.976. The molecule has 1 aliphatic heterocycles. The second kappa shape index (κ2) is 9.25. The number of hydrogen-bond donors (Lipinski definition) is 2. The summed E-state index contributed by atoms with van der Waals surface area (Å²) in [6.07, 6.45) is 1.53. The molecule has 170 valence electrons. The first-order valence-electron chi connectivity index (χ1n) is 10.3. The molecule has 0 unspecified atom stereocenters. The van der Waals surface area contributed by atoms with Gasteiger partial charge in [0.25, 0.3) is 0 Å². The van der Waals surface area contributed by atoms with Crippen molar-refractivity contribution in [2.24, 2.45) is 0 Å². The Hall–Kier alpha value is -3.36. The number of nitrogens with zero attached hydrogens (tertiary/aromatic N) is 5. The predicted octanol–water partition coefficient (Wildman–Crippen LogP) is 4.43. The molecule has 10 heteroatoms. The van der Waals surface area contributed by atoms with Gasteiger partial charge >= 0.3 is 5.97 Å². The lowest BCUT2D eigenvalue weighted by molar-refractivity contribution is 0.0697. The second-order valence-corrected chi connectivity index (χ2v) is 8.22. The van der Waals surface area contributed by atoms with E-state index in [0.717, 1.165) is 48.1 Å². The Morgan fingerprint density at radius 2 is 1.82 bits per heavy atom. The van der Waals surface area contributed by atoms with Crippen molar-refractivity contribution in [3.63, 3.8) is 0 Å². The Balaban J connectivity index is 0.00000259. The van der Waals surface area contributed by atoms with Crippen LogP contribution < -0.4 is 9.80 Å². The van der Waals surface area contributed by atoms with Gasteiger partial charge in [0.15, 0.2) is 5.65 Å². The van der Waals surface area contributed by atoms with Gasteiger partial charge in [-0.05, 0) is 36.8 Å². The minimum Gasteiger partial charge on any atom is -0.478 e. The van der Waals surface area contributed by atoms with Gasteiger partial charge in [0, 0.05) is 42.5 Å². The van der Waals surface area contributed by atoms with E-state index in [1.807, 2.05) is 24.3 Å². The van der Waals surface area contributed by atoms with Crippen molar-refractivity contribution in [3.05, 3.63) is 64.9 Å². The fourth-order valence-corrected chi connectivity index (χ4v) is 4.34. The van der Waals surface area contributed by atoms with Crippen molar-refractivity contribution < 1.29 is 9.90 Å². The molecule has 1 aliphatic rings. The van der Waals surface area contributed by atoms with Gasteiger partial charge in [0.05, 0.1) is 10.9 Å². The molecule has 1 fully saturated rings. The van der Waals surface area contributed by atoms with E-state index in [2.05, 4.69) is 36.9 Å². The molecule has 0 atom stereocenters. The van der Waals surface area contributed by atoms with Gasteiger partial charge in [-0.25, -0.2) is 14.8 Å². The number of aromatic carboxylic acids is 1. The summed E-state index contributed by atoms with van der Waals surface area (Å²) in [5.74, 6) is -0.183. The zero-order valence-corrected chi connectivity index (χ0v) is 19.4. The quantitative estimate of drug-likeness (QED) is 0.441. The van der Waals surface area contributed by atoms with E-state index in [1.54, 1.807) is 18.2 Å². The van der Waals surface area contributed by atoms with E-state index in [9.17, 15) is 9.90 Å². The van der Waals surface area contributed by atoms with Crippen LogP contribution in [-0.4, -0.2) is 57.4 Å². The average molecular weight is 485 g/mol. The lowest BCUT2D eigenvalue weighted by atomic mass is 10.1. The van der Waals surface area contributed by atoms with E-state index >= 15 is 0 Å². The molecule has 2 aromatic heterocycles. The summed E-state index contributed by atoms with van der Waals surface area (Å²) in [7, 11) is 0. The summed E-state index contributed by atoms with van der Waals surface area (Å²) in [6.45, 7) is 5.30. The minimum absolute atomic E-state index is 0. The van der Waals surface area contributed by atoms with Crippen LogP contribution in [0.3, 0.4) is 0 Å². The zero-order valence-electron chi connectivity index (χ0n) is 17.8.